The molecule has 2 aliphatic rings. The molecular weight excluding hydrogens is 1150 g/mol. The number of methoxy groups -OCH3 is 2. The van der Waals surface area contributed by atoms with Gasteiger partial charge in [-0.1, -0.05) is 0 Å². The standard InChI is InChI=1S/C26H49O35P9/c1-46-3-5-48-9-13-53-24-17(55-63(27)28)15(18(56-64(29)30)25(26(24)62-67(35)36)54-14-10-49-6-4-47-2)51-11-7-50-8-12-52-16-21(59-68(37,38)39)19(57-65(31)32)20(58-66(33)34)23(61-70(43,44)45)22(16)60-69(40,41)42/h15-26,62H,3-14H2,1-2H3,(H6-5,27,28,29,30,31,32,33,34,35,36,37,38,39,40,41,42,43,44,45)/p+5/t15?,16-,17-,18+,19+,20+,21+,22-,23-,24+,25-,26?/m0/s1. The second-order valence-corrected chi connectivity index (χ2v) is 23.2. The van der Waals surface area contributed by atoms with Crippen molar-refractivity contribution in [3.63, 3.8) is 0 Å². The summed E-state index contributed by atoms with van der Waals surface area (Å²) >= 11 is 0. The zero-order chi connectivity index (χ0) is 52.8. The molecule has 0 aromatic carbocycles. The molecule has 408 valence electrons. The predicted octanol–water partition coefficient (Wildman–Crippen LogP) is -0.833. The lowest BCUT2D eigenvalue weighted by Gasteiger charge is -2.45. The van der Waals surface area contributed by atoms with Gasteiger partial charge >= 0.3 is 64.2 Å². The van der Waals surface area contributed by atoms with Gasteiger partial charge in [-0.15, -0.1) is 37.7 Å². The molecule has 0 heterocycles. The summed E-state index contributed by atoms with van der Waals surface area (Å²) in [7, 11) is -33.8. The SMILES string of the molecule is COCCOCCO[C@@H]1C(P[P+](=O)O)[C@H](OCCOCCOC)[C@@H](O[P+](=O)O)C(OCCOCCO[C@H]2[C@@H](OP(=O)(O)O)[C@H](O[P+](=O)O)[C@@H](O[P+](=O)O)[C@H](OP(=O)(O)O)[C@H]2OP(=O)(O)O)[C@H]1O[P+](=O)O. The average molecular weight is 1210 g/mol. The zero-order valence-electron chi connectivity index (χ0n) is 36.2. The van der Waals surface area contributed by atoms with Crippen LogP contribution < -0.4 is 0 Å². The van der Waals surface area contributed by atoms with Gasteiger partial charge in [0.2, 0.25) is 0 Å². The summed E-state index contributed by atoms with van der Waals surface area (Å²) in [5.41, 5.74) is -1.26. The maximum Gasteiger partial charge on any atom is 0.695 e. The van der Waals surface area contributed by atoms with E-state index in [1.54, 1.807) is 0 Å². The molecule has 11 N–H and O–H groups in total. The third kappa shape index (κ3) is 26.1. The normalized spacial score (nSPS) is 29.1. The lowest BCUT2D eigenvalue weighted by Crippen LogP contribution is -2.66. The zero-order valence-corrected chi connectivity index (χ0v) is 44.4. The molecule has 0 bridgehead atoms. The maximum absolute atomic E-state index is 12.4. The molecule has 18 atom stereocenters. The van der Waals surface area contributed by atoms with Crippen LogP contribution in [0.1, 0.15) is 0 Å². The molecule has 8 unspecified atom stereocenters. The molecule has 0 saturated heterocycles. The Labute approximate surface area is 402 Å². The largest absolute Gasteiger partial charge is 0.695 e. The van der Waals surface area contributed by atoms with E-state index in [0.717, 1.165) is 0 Å². The first kappa shape index (κ1) is 66.7. The van der Waals surface area contributed by atoms with Crippen LogP contribution in [0.15, 0.2) is 0 Å². The van der Waals surface area contributed by atoms with E-state index in [9.17, 15) is 90.3 Å². The van der Waals surface area contributed by atoms with Crippen molar-refractivity contribution in [3.05, 3.63) is 0 Å². The third-order valence-corrected chi connectivity index (χ3v) is 14.8. The molecule has 0 spiro atoms. The Morgan fingerprint density at radius 3 is 0.886 bits per heavy atom. The smallest absolute Gasteiger partial charge is 0.382 e. The van der Waals surface area contributed by atoms with E-state index < -0.39 is 172 Å². The first-order valence-electron chi connectivity index (χ1n) is 19.3. The van der Waals surface area contributed by atoms with Gasteiger partial charge in [-0.2, -0.15) is 4.89 Å². The molecule has 2 fully saturated rings. The second-order valence-electron chi connectivity index (χ2n) is 13.5. The number of ether oxygens (including phenoxy) is 9. The number of hydrogen-bond donors (Lipinski definition) is 11. The molecule has 35 nitrogen and oxygen atoms in total. The van der Waals surface area contributed by atoms with E-state index in [4.69, 9.17) is 51.7 Å². The first-order valence-corrected chi connectivity index (χ1v) is 31.6. The van der Waals surface area contributed by atoms with Gasteiger partial charge in [0.05, 0.1) is 84.9 Å². The summed E-state index contributed by atoms with van der Waals surface area (Å²) in [5.74, 6) is 0. The number of phosphoric acid groups is 3. The van der Waals surface area contributed by atoms with Crippen molar-refractivity contribution in [2.75, 3.05) is 93.5 Å². The summed E-state index contributed by atoms with van der Waals surface area (Å²) in [5, 5.41) is 0. The summed E-state index contributed by atoms with van der Waals surface area (Å²) < 4.78 is 180. The predicted molar refractivity (Wildman–Crippen MR) is 227 cm³/mol. The lowest BCUT2D eigenvalue weighted by molar-refractivity contribution is -0.217. The van der Waals surface area contributed by atoms with E-state index in [1.165, 1.54) is 14.2 Å². The van der Waals surface area contributed by atoms with Gasteiger partial charge in [-0.25, -0.2) is 13.7 Å². The van der Waals surface area contributed by atoms with Gasteiger partial charge in [0.25, 0.3) is 0 Å². The first-order chi connectivity index (χ1) is 32.7. The van der Waals surface area contributed by atoms with Crippen LogP contribution in [0.2, 0.25) is 0 Å². The van der Waals surface area contributed by atoms with Gasteiger partial charge in [-0.3, -0.25) is 13.6 Å². The van der Waals surface area contributed by atoms with Crippen molar-refractivity contribution < 1.29 is 165 Å². The highest BCUT2D eigenvalue weighted by molar-refractivity contribution is 8.12. The van der Waals surface area contributed by atoms with E-state index in [0.29, 0.717) is 0 Å². The Hall–Kier alpha value is 0.540. The van der Waals surface area contributed by atoms with E-state index in [-0.39, 0.29) is 52.9 Å². The quantitative estimate of drug-likeness (QED) is 0.0265. The van der Waals surface area contributed by atoms with Crippen LogP contribution in [0, 0.1) is 0 Å². The number of phosphoric ester groups is 3. The fraction of sp³-hybridized carbons (Fsp3) is 1.00. The minimum atomic E-state index is -5.90. The van der Waals surface area contributed by atoms with Crippen molar-refractivity contribution in [2.45, 2.75) is 72.8 Å². The lowest BCUT2D eigenvalue weighted by atomic mass is 9.85. The Balaban J connectivity index is 2.49. The summed E-state index contributed by atoms with van der Waals surface area (Å²) in [6.45, 7) is -2.87. The number of hydrogen-bond acceptors (Lipinski definition) is 24. The highest BCUT2D eigenvalue weighted by Gasteiger charge is 2.64. The molecule has 44 heteroatoms. The summed E-state index contributed by atoms with van der Waals surface area (Å²) in [6, 6.07) is 0. The second kappa shape index (κ2) is 33.6. The molecule has 2 rings (SSSR count). The van der Waals surface area contributed by atoms with Gasteiger partial charge in [0, 0.05) is 32.5 Å². The summed E-state index contributed by atoms with van der Waals surface area (Å²) in [4.78, 5) is 107. The molecule has 0 amide bonds. The highest BCUT2D eigenvalue weighted by Crippen LogP contribution is 2.54. The molecule has 70 heavy (non-hydrogen) atoms. The monoisotopic (exact) mass is 1210 g/mol. The fourth-order valence-corrected chi connectivity index (χ4v) is 12.9. The van der Waals surface area contributed by atoms with Gasteiger partial charge < -0.3 is 72.0 Å². The van der Waals surface area contributed by atoms with E-state index >= 15 is 0 Å². The van der Waals surface area contributed by atoms with Gasteiger partial charge in [0.15, 0.2) is 32.7 Å². The van der Waals surface area contributed by atoms with Crippen LogP contribution in [-0.4, -0.2) is 220 Å². The Kier molecular flexibility index (Phi) is 32.0. The fourth-order valence-electron chi connectivity index (χ4n) is 6.62. The maximum atomic E-state index is 12.4. The highest BCUT2D eigenvalue weighted by atomic mass is 32.0. The molecular formula is C26H54O35P9+5. The average Bonchev–Trinajstić information content (AvgIpc) is 3.21. The Morgan fingerprint density at radius 1 is 0.371 bits per heavy atom. The van der Waals surface area contributed by atoms with Crippen LogP contribution >= 0.6 is 72.5 Å². The van der Waals surface area contributed by atoms with E-state index in [1.807, 2.05) is 0 Å². The van der Waals surface area contributed by atoms with Crippen LogP contribution in [0.4, 0.5) is 0 Å². The summed E-state index contributed by atoms with van der Waals surface area (Å²) in [6.07, 6.45) is -24.0. The van der Waals surface area contributed by atoms with E-state index in [2.05, 4.69) is 22.6 Å². The van der Waals surface area contributed by atoms with Crippen molar-refractivity contribution in [2.24, 2.45) is 0 Å². The van der Waals surface area contributed by atoms with Crippen molar-refractivity contribution in [3.8, 4) is 0 Å². The minimum absolute atomic E-state index is 0.105. The van der Waals surface area contributed by atoms with Crippen LogP contribution in [-0.2, 0) is 111 Å². The third-order valence-electron chi connectivity index (χ3n) is 8.85. The van der Waals surface area contributed by atoms with Crippen LogP contribution in [0.3, 0.4) is 0 Å². The molecule has 0 aromatic heterocycles. The van der Waals surface area contributed by atoms with Crippen molar-refractivity contribution in [1.29, 1.82) is 0 Å². The van der Waals surface area contributed by atoms with Crippen LogP contribution in [0.25, 0.3) is 0 Å². The topological polar surface area (TPSA) is 507 Å². The van der Waals surface area contributed by atoms with Gasteiger partial charge in [0.1, 0.15) is 42.7 Å². The molecule has 0 aromatic rings. The van der Waals surface area contributed by atoms with Gasteiger partial charge in [-0.05, 0) is 4.57 Å². The molecule has 0 radical (unpaired) electrons. The van der Waals surface area contributed by atoms with Crippen LogP contribution in [0.5, 0.6) is 0 Å². The number of rotatable bonds is 38. The Morgan fingerprint density at radius 2 is 0.614 bits per heavy atom. The van der Waals surface area contributed by atoms with Crippen molar-refractivity contribution in [1.82, 2.24) is 0 Å². The minimum Gasteiger partial charge on any atom is -0.382 e. The molecule has 0 aliphatic heterocycles. The van der Waals surface area contributed by atoms with Crippen molar-refractivity contribution >= 4 is 72.5 Å². The molecule has 2 saturated carbocycles. The Bertz CT molecular complexity index is 1740. The molecule has 2 aliphatic carbocycles.